The molecular formula is C11H14N2O2SSe. The van der Waals surface area contributed by atoms with Crippen LogP contribution in [0, 0.1) is 0 Å². The molecule has 92 valence electrons. The van der Waals surface area contributed by atoms with Crippen molar-refractivity contribution in [3.8, 4) is 0 Å². The summed E-state index contributed by atoms with van der Waals surface area (Å²) in [6.45, 7) is 0. The van der Waals surface area contributed by atoms with Crippen LogP contribution in [0.4, 0.5) is 5.69 Å². The Morgan fingerprint density at radius 3 is 2.71 bits per heavy atom. The summed E-state index contributed by atoms with van der Waals surface area (Å²) in [6.07, 6.45) is 0. The van der Waals surface area contributed by atoms with Crippen molar-refractivity contribution in [3.63, 3.8) is 0 Å². The summed E-state index contributed by atoms with van der Waals surface area (Å²) in [4.78, 5) is 11.7. The third kappa shape index (κ3) is 3.70. The van der Waals surface area contributed by atoms with E-state index in [0.29, 0.717) is 31.3 Å². The van der Waals surface area contributed by atoms with Gasteiger partial charge in [0.25, 0.3) is 0 Å². The molecule has 1 aromatic rings. The Bertz CT molecular complexity index is 437. The molecule has 0 saturated heterocycles. The van der Waals surface area contributed by atoms with Crippen LogP contribution in [0.3, 0.4) is 0 Å². The van der Waals surface area contributed by atoms with E-state index >= 15 is 0 Å². The van der Waals surface area contributed by atoms with E-state index in [9.17, 15) is 4.79 Å². The predicted molar refractivity (Wildman–Crippen MR) is 74.3 cm³/mol. The number of methoxy groups -OCH3 is 1. The van der Waals surface area contributed by atoms with Crippen molar-refractivity contribution >= 4 is 48.4 Å². The quantitative estimate of drug-likeness (QED) is 0.490. The van der Waals surface area contributed by atoms with Gasteiger partial charge in [-0.25, -0.2) is 0 Å². The second-order valence-corrected chi connectivity index (χ2v) is 5.36. The van der Waals surface area contributed by atoms with Gasteiger partial charge in [0.15, 0.2) is 0 Å². The first-order chi connectivity index (χ1) is 8.12. The van der Waals surface area contributed by atoms with E-state index in [-0.39, 0.29) is 5.97 Å². The van der Waals surface area contributed by atoms with Crippen LogP contribution in [0.1, 0.15) is 10.4 Å². The first-order valence-corrected chi connectivity index (χ1v) is 7.85. The van der Waals surface area contributed by atoms with Crippen LogP contribution in [-0.2, 0) is 4.74 Å². The van der Waals surface area contributed by atoms with E-state index in [0.717, 1.165) is 4.46 Å². The van der Waals surface area contributed by atoms with Gasteiger partial charge < -0.3 is 0 Å². The molecule has 0 unspecified atom stereocenters. The fourth-order valence-corrected chi connectivity index (χ4v) is 2.26. The van der Waals surface area contributed by atoms with E-state index < -0.39 is 0 Å². The molecule has 0 atom stereocenters. The van der Waals surface area contributed by atoms with Gasteiger partial charge in [0.1, 0.15) is 0 Å². The van der Waals surface area contributed by atoms with Crippen LogP contribution in [0.15, 0.2) is 18.2 Å². The molecule has 17 heavy (non-hydrogen) atoms. The maximum absolute atomic E-state index is 11.7. The number of nitrogens with one attached hydrogen (secondary N) is 2. The molecule has 0 spiro atoms. The fourth-order valence-electron chi connectivity index (χ4n) is 1.22. The van der Waals surface area contributed by atoms with Gasteiger partial charge >= 0.3 is 112 Å². The molecule has 6 heteroatoms. The van der Waals surface area contributed by atoms with Gasteiger partial charge in [0.05, 0.1) is 0 Å². The van der Waals surface area contributed by atoms with Crippen molar-refractivity contribution in [1.82, 2.24) is 5.32 Å². The molecule has 0 fully saturated rings. The number of carbonyl (C=O) groups is 1. The number of benzene rings is 1. The molecule has 4 nitrogen and oxygen atoms in total. The van der Waals surface area contributed by atoms with Crippen molar-refractivity contribution in [2.24, 2.45) is 0 Å². The van der Waals surface area contributed by atoms with Gasteiger partial charge in [0.2, 0.25) is 0 Å². The molecule has 2 N–H and O–H groups in total. The van der Waals surface area contributed by atoms with Crippen LogP contribution in [0.2, 0.25) is 5.82 Å². The second kappa shape index (κ2) is 6.59. The number of thiocarbonyl (C=S) groups is 1. The molecule has 1 aromatic carbocycles. The van der Waals surface area contributed by atoms with E-state index in [1.54, 1.807) is 7.05 Å². The Morgan fingerprint density at radius 2 is 2.18 bits per heavy atom. The Balaban J connectivity index is 3.10. The molecule has 0 aliphatic heterocycles. The van der Waals surface area contributed by atoms with Crippen LogP contribution in [-0.4, -0.2) is 40.2 Å². The van der Waals surface area contributed by atoms with Gasteiger partial charge in [-0.2, -0.15) is 0 Å². The van der Waals surface area contributed by atoms with Gasteiger partial charge in [-0.15, -0.1) is 0 Å². The first kappa shape index (κ1) is 14.0. The van der Waals surface area contributed by atoms with E-state index in [1.807, 2.05) is 18.2 Å². The molecular weight excluding hydrogens is 303 g/mol. The van der Waals surface area contributed by atoms with Crippen molar-refractivity contribution in [2.45, 2.75) is 5.82 Å². The van der Waals surface area contributed by atoms with Crippen LogP contribution in [0.5, 0.6) is 0 Å². The minimum atomic E-state index is -0.363. The summed E-state index contributed by atoms with van der Waals surface area (Å²) in [6, 6.07) is 5.66. The summed E-state index contributed by atoms with van der Waals surface area (Å²) in [5.41, 5.74) is 1.16. The third-order valence-corrected chi connectivity index (χ3v) is 3.94. The number of ether oxygens (including phenoxy) is 1. The van der Waals surface area contributed by atoms with Gasteiger partial charge in [-0.3, -0.25) is 0 Å². The zero-order chi connectivity index (χ0) is 12.8. The molecule has 0 heterocycles. The van der Waals surface area contributed by atoms with Crippen LogP contribution >= 0.6 is 12.2 Å². The maximum atomic E-state index is 11.7. The van der Waals surface area contributed by atoms with E-state index in [2.05, 4.69) is 16.5 Å². The normalized spacial score (nSPS) is 9.59. The molecule has 0 saturated carbocycles. The summed E-state index contributed by atoms with van der Waals surface area (Å²) in [7, 11) is 3.09. The average molecular weight is 317 g/mol. The van der Waals surface area contributed by atoms with E-state index in [1.165, 1.54) is 7.11 Å². The fraction of sp³-hybridized carbons (Fsp3) is 0.273. The average Bonchev–Trinajstić information content (AvgIpc) is 2.38. The van der Waals surface area contributed by atoms with Crippen molar-refractivity contribution in [2.75, 3.05) is 19.5 Å². The minimum absolute atomic E-state index is 0.338. The molecule has 0 radical (unpaired) electrons. The number of rotatable bonds is 3. The molecule has 0 aliphatic carbocycles. The number of hydrogen-bond acceptors (Lipinski definition) is 3. The Kier molecular flexibility index (Phi) is 5.41. The van der Waals surface area contributed by atoms with Crippen LogP contribution in [0.25, 0.3) is 0 Å². The molecule has 0 aromatic heterocycles. The summed E-state index contributed by atoms with van der Waals surface area (Å²) in [5.74, 6) is 1.73. The number of esters is 1. The number of hydrogen-bond donors (Lipinski definition) is 2. The first-order valence-electron chi connectivity index (χ1n) is 4.87. The zero-order valence-corrected chi connectivity index (χ0v) is 12.4. The number of anilines is 1. The molecule has 0 amide bonds. The summed E-state index contributed by atoms with van der Waals surface area (Å²) < 4.78 is 5.89. The second-order valence-electron chi connectivity index (χ2n) is 3.11. The van der Waals surface area contributed by atoms with Gasteiger partial charge in [0, 0.05) is 0 Å². The Morgan fingerprint density at radius 1 is 1.47 bits per heavy atom. The third-order valence-electron chi connectivity index (χ3n) is 2.11. The SMILES string of the molecule is CNC(=S)Nc1ccc([Se]C)cc1C(=O)OC. The molecule has 0 aliphatic rings. The Labute approximate surface area is 112 Å². The van der Waals surface area contributed by atoms with Crippen molar-refractivity contribution in [3.05, 3.63) is 23.8 Å². The monoisotopic (exact) mass is 318 g/mol. The topological polar surface area (TPSA) is 50.4 Å². The molecule has 0 bridgehead atoms. The van der Waals surface area contributed by atoms with Crippen molar-refractivity contribution in [1.29, 1.82) is 0 Å². The summed E-state index contributed by atoms with van der Waals surface area (Å²) >= 11 is 5.35. The van der Waals surface area contributed by atoms with Crippen LogP contribution < -0.4 is 15.1 Å². The summed E-state index contributed by atoms with van der Waals surface area (Å²) in [5, 5.41) is 6.21. The number of carbonyl (C=O) groups excluding carboxylic acids is 1. The zero-order valence-electron chi connectivity index (χ0n) is 9.87. The van der Waals surface area contributed by atoms with Gasteiger partial charge in [-0.1, -0.05) is 0 Å². The van der Waals surface area contributed by atoms with Crippen molar-refractivity contribution < 1.29 is 9.53 Å². The van der Waals surface area contributed by atoms with E-state index in [4.69, 9.17) is 17.0 Å². The standard InChI is InChI=1S/C11H14N2O2SSe/c1-12-11(16)13-9-5-4-7(17-3)6-8(9)10(14)15-2/h4-6H,1-3H3,(H2,12,13,16). The van der Waals surface area contributed by atoms with Gasteiger partial charge in [-0.05, 0) is 0 Å². The molecule has 1 rings (SSSR count). The predicted octanol–water partition coefficient (Wildman–Crippen LogP) is 0.767. The Hall–Kier alpha value is -1.10.